The summed E-state index contributed by atoms with van der Waals surface area (Å²) >= 11 is 0. The van der Waals surface area contributed by atoms with Gasteiger partial charge >= 0.3 is 5.97 Å². The van der Waals surface area contributed by atoms with Crippen LogP contribution in [0.2, 0.25) is 0 Å². The molecule has 0 bridgehead atoms. The van der Waals surface area contributed by atoms with Gasteiger partial charge in [-0.1, -0.05) is 37.3 Å². The summed E-state index contributed by atoms with van der Waals surface area (Å²) in [5.74, 6) is 0.143. The Bertz CT molecular complexity index is 781. The van der Waals surface area contributed by atoms with Crippen molar-refractivity contribution in [3.05, 3.63) is 53.6 Å². The Balaban J connectivity index is 1.92. The highest BCUT2D eigenvalue weighted by Gasteiger charge is 2.18. The third-order valence-electron chi connectivity index (χ3n) is 4.21. The molecule has 0 spiro atoms. The topological polar surface area (TPSA) is 83.1 Å². The molecule has 0 unspecified atom stereocenters. The summed E-state index contributed by atoms with van der Waals surface area (Å²) in [6.07, 6.45) is 0. The zero-order valence-electron chi connectivity index (χ0n) is 16.5. The molecule has 0 heterocycles. The summed E-state index contributed by atoms with van der Waals surface area (Å²) in [5.41, 5.74) is 1.32. The largest absolute Gasteiger partial charge is 0.493 e. The second-order valence-electron chi connectivity index (χ2n) is 6.11. The first-order valence-corrected chi connectivity index (χ1v) is 8.78. The van der Waals surface area contributed by atoms with Crippen molar-refractivity contribution in [2.75, 3.05) is 34.5 Å². The number of amides is 1. The summed E-state index contributed by atoms with van der Waals surface area (Å²) in [6, 6.07) is 12.8. The molecule has 0 aliphatic rings. The lowest BCUT2D eigenvalue weighted by atomic mass is 10.0. The predicted octanol–water partition coefficient (Wildman–Crippen LogP) is 2.79. The molecular weight excluding hydrogens is 362 g/mol. The SMILES string of the molecule is COc1cc(C(=O)OCC(=O)NC[C@H](C)c2ccccc2)cc(OC)c1OC. The van der Waals surface area contributed by atoms with Crippen molar-refractivity contribution in [3.8, 4) is 17.2 Å². The highest BCUT2D eigenvalue weighted by atomic mass is 16.5. The zero-order valence-corrected chi connectivity index (χ0v) is 16.5. The van der Waals surface area contributed by atoms with Crippen LogP contribution in [0.3, 0.4) is 0 Å². The maximum Gasteiger partial charge on any atom is 0.338 e. The number of nitrogens with one attached hydrogen (secondary N) is 1. The molecule has 0 saturated heterocycles. The maximum absolute atomic E-state index is 12.3. The van der Waals surface area contributed by atoms with Crippen LogP contribution < -0.4 is 19.5 Å². The Hall–Kier alpha value is -3.22. The molecule has 2 aromatic rings. The fourth-order valence-corrected chi connectivity index (χ4v) is 2.63. The van der Waals surface area contributed by atoms with E-state index in [0.29, 0.717) is 23.8 Å². The van der Waals surface area contributed by atoms with Crippen LogP contribution in [0.25, 0.3) is 0 Å². The maximum atomic E-state index is 12.3. The summed E-state index contributed by atoms with van der Waals surface area (Å²) in [6.45, 7) is 2.08. The van der Waals surface area contributed by atoms with Crippen LogP contribution in [0, 0.1) is 0 Å². The number of carbonyl (C=O) groups is 2. The van der Waals surface area contributed by atoms with Gasteiger partial charge in [-0.15, -0.1) is 0 Å². The van der Waals surface area contributed by atoms with Gasteiger partial charge in [0.25, 0.3) is 5.91 Å². The molecule has 0 aliphatic carbocycles. The predicted molar refractivity (Wildman–Crippen MR) is 104 cm³/mol. The van der Waals surface area contributed by atoms with Crippen LogP contribution in [0.15, 0.2) is 42.5 Å². The molecule has 28 heavy (non-hydrogen) atoms. The van der Waals surface area contributed by atoms with Crippen LogP contribution in [0.4, 0.5) is 0 Å². The smallest absolute Gasteiger partial charge is 0.338 e. The van der Waals surface area contributed by atoms with Gasteiger partial charge in [0.2, 0.25) is 5.75 Å². The molecule has 1 N–H and O–H groups in total. The van der Waals surface area contributed by atoms with Crippen LogP contribution in [-0.4, -0.2) is 46.4 Å². The van der Waals surface area contributed by atoms with Gasteiger partial charge in [0.1, 0.15) is 0 Å². The monoisotopic (exact) mass is 387 g/mol. The minimum atomic E-state index is -0.662. The quantitative estimate of drug-likeness (QED) is 0.666. The van der Waals surface area contributed by atoms with E-state index in [9.17, 15) is 9.59 Å². The molecule has 2 aromatic carbocycles. The fourth-order valence-electron chi connectivity index (χ4n) is 2.63. The van der Waals surface area contributed by atoms with E-state index in [4.69, 9.17) is 18.9 Å². The van der Waals surface area contributed by atoms with E-state index < -0.39 is 5.97 Å². The fraction of sp³-hybridized carbons (Fsp3) is 0.333. The number of methoxy groups -OCH3 is 3. The van der Waals surface area contributed by atoms with Crippen molar-refractivity contribution in [1.29, 1.82) is 0 Å². The van der Waals surface area contributed by atoms with Crippen LogP contribution in [0.1, 0.15) is 28.8 Å². The molecule has 0 aromatic heterocycles. The number of hydrogen-bond acceptors (Lipinski definition) is 6. The lowest BCUT2D eigenvalue weighted by Crippen LogP contribution is -2.31. The Morgan fingerprint density at radius 2 is 1.57 bits per heavy atom. The minimum Gasteiger partial charge on any atom is -0.493 e. The molecule has 1 amide bonds. The Kier molecular flexibility index (Phi) is 7.68. The third kappa shape index (κ3) is 5.39. The second-order valence-corrected chi connectivity index (χ2v) is 6.11. The summed E-state index contributed by atoms with van der Waals surface area (Å²) in [7, 11) is 4.38. The van der Waals surface area contributed by atoms with Gasteiger partial charge in [-0.2, -0.15) is 0 Å². The van der Waals surface area contributed by atoms with Gasteiger partial charge in [-0.25, -0.2) is 4.79 Å². The average Bonchev–Trinajstić information content (AvgIpc) is 2.74. The van der Waals surface area contributed by atoms with Gasteiger partial charge in [-0.05, 0) is 23.6 Å². The Labute approximate surface area is 164 Å². The number of ether oxygens (including phenoxy) is 4. The lowest BCUT2D eigenvalue weighted by Gasteiger charge is -2.14. The molecule has 7 nitrogen and oxygen atoms in total. The van der Waals surface area contributed by atoms with Crippen molar-refractivity contribution >= 4 is 11.9 Å². The van der Waals surface area contributed by atoms with E-state index in [1.165, 1.54) is 33.5 Å². The Morgan fingerprint density at radius 3 is 2.11 bits per heavy atom. The minimum absolute atomic E-state index is 0.149. The van der Waals surface area contributed by atoms with Crippen molar-refractivity contribution in [3.63, 3.8) is 0 Å². The molecule has 1 atom stereocenters. The van der Waals surface area contributed by atoms with Gasteiger partial charge in [0.05, 0.1) is 26.9 Å². The highest BCUT2D eigenvalue weighted by molar-refractivity contribution is 5.92. The molecule has 0 fully saturated rings. The average molecular weight is 387 g/mol. The first-order valence-electron chi connectivity index (χ1n) is 8.78. The van der Waals surface area contributed by atoms with E-state index in [2.05, 4.69) is 5.32 Å². The third-order valence-corrected chi connectivity index (χ3v) is 4.21. The van der Waals surface area contributed by atoms with Gasteiger partial charge in [-0.3, -0.25) is 4.79 Å². The summed E-state index contributed by atoms with van der Waals surface area (Å²) in [5, 5.41) is 2.77. The van der Waals surface area contributed by atoms with Gasteiger partial charge in [0.15, 0.2) is 18.1 Å². The van der Waals surface area contributed by atoms with Crippen molar-refractivity contribution < 1.29 is 28.5 Å². The van der Waals surface area contributed by atoms with Crippen molar-refractivity contribution in [2.24, 2.45) is 0 Å². The summed E-state index contributed by atoms with van der Waals surface area (Å²) in [4.78, 5) is 24.3. The van der Waals surface area contributed by atoms with Crippen LogP contribution in [0.5, 0.6) is 17.2 Å². The van der Waals surface area contributed by atoms with Crippen LogP contribution >= 0.6 is 0 Å². The Morgan fingerprint density at radius 1 is 0.964 bits per heavy atom. The lowest BCUT2D eigenvalue weighted by molar-refractivity contribution is -0.124. The van der Waals surface area contributed by atoms with E-state index in [0.717, 1.165) is 5.56 Å². The first kappa shape index (κ1) is 21.1. The standard InChI is InChI=1S/C21H25NO6/c1-14(15-8-6-5-7-9-15)12-22-19(23)13-28-21(24)16-10-17(25-2)20(27-4)18(11-16)26-3/h5-11,14H,12-13H2,1-4H3,(H,22,23)/t14-/m0/s1. The summed E-state index contributed by atoms with van der Waals surface area (Å²) < 4.78 is 20.7. The number of esters is 1. The molecular formula is C21H25NO6. The molecule has 0 radical (unpaired) electrons. The number of rotatable bonds is 9. The van der Waals surface area contributed by atoms with E-state index in [-0.39, 0.29) is 24.0 Å². The molecule has 2 rings (SSSR count). The first-order chi connectivity index (χ1) is 13.5. The number of benzene rings is 2. The van der Waals surface area contributed by atoms with E-state index >= 15 is 0 Å². The zero-order chi connectivity index (χ0) is 20.5. The van der Waals surface area contributed by atoms with E-state index in [1.54, 1.807) is 0 Å². The number of carbonyl (C=O) groups excluding carboxylic acids is 2. The molecule has 0 saturated carbocycles. The van der Waals surface area contributed by atoms with Crippen molar-refractivity contribution in [1.82, 2.24) is 5.32 Å². The molecule has 0 aliphatic heterocycles. The van der Waals surface area contributed by atoms with E-state index in [1.807, 2.05) is 37.3 Å². The number of hydrogen-bond donors (Lipinski definition) is 1. The van der Waals surface area contributed by atoms with Crippen LogP contribution in [-0.2, 0) is 9.53 Å². The molecule has 150 valence electrons. The normalized spacial score (nSPS) is 11.3. The van der Waals surface area contributed by atoms with Crippen molar-refractivity contribution in [2.45, 2.75) is 12.8 Å². The highest BCUT2D eigenvalue weighted by Crippen LogP contribution is 2.38. The second kappa shape index (κ2) is 10.2. The molecule has 7 heteroatoms. The van der Waals surface area contributed by atoms with Gasteiger partial charge in [0, 0.05) is 6.54 Å². The van der Waals surface area contributed by atoms with Gasteiger partial charge < -0.3 is 24.3 Å².